The van der Waals surface area contributed by atoms with Gasteiger partial charge < -0.3 is 4.74 Å². The van der Waals surface area contributed by atoms with E-state index in [2.05, 4.69) is 48.9 Å². The standard InChI is InChI=1S/C22H23Br2N3O2/c23-18-5-1-16(2-6-18)20-15-21(17-3-7-19(24)8-4-17)27(25-20)22(28)9-10-26-11-13-29-14-12-26/h1-8,21H,9-15H2. The van der Waals surface area contributed by atoms with Crippen molar-refractivity contribution in [3.05, 3.63) is 68.6 Å². The number of carbonyl (C=O) groups is 1. The summed E-state index contributed by atoms with van der Waals surface area (Å²) >= 11 is 6.97. The molecule has 1 fully saturated rings. The van der Waals surface area contributed by atoms with E-state index in [4.69, 9.17) is 9.84 Å². The lowest BCUT2D eigenvalue weighted by Crippen LogP contribution is -2.39. The van der Waals surface area contributed by atoms with E-state index < -0.39 is 0 Å². The van der Waals surface area contributed by atoms with Gasteiger partial charge in [-0.15, -0.1) is 0 Å². The molecule has 2 aromatic rings. The number of morpholine rings is 1. The van der Waals surface area contributed by atoms with Crippen LogP contribution in [0.15, 0.2) is 62.6 Å². The van der Waals surface area contributed by atoms with Gasteiger partial charge in [-0.3, -0.25) is 9.69 Å². The van der Waals surface area contributed by atoms with Gasteiger partial charge in [0.05, 0.1) is 25.0 Å². The van der Waals surface area contributed by atoms with Crippen LogP contribution >= 0.6 is 31.9 Å². The van der Waals surface area contributed by atoms with Crippen LogP contribution in [0.3, 0.4) is 0 Å². The van der Waals surface area contributed by atoms with Crippen molar-refractivity contribution < 1.29 is 9.53 Å². The molecular weight excluding hydrogens is 498 g/mol. The molecule has 7 heteroatoms. The largest absolute Gasteiger partial charge is 0.379 e. The number of amides is 1. The first-order valence-corrected chi connectivity index (χ1v) is 11.4. The third-order valence-corrected chi connectivity index (χ3v) is 6.40. The lowest BCUT2D eigenvalue weighted by atomic mass is 9.98. The number of hydrogen-bond acceptors (Lipinski definition) is 4. The zero-order valence-electron chi connectivity index (χ0n) is 16.1. The van der Waals surface area contributed by atoms with E-state index >= 15 is 0 Å². The number of hydrogen-bond donors (Lipinski definition) is 0. The summed E-state index contributed by atoms with van der Waals surface area (Å²) in [4.78, 5) is 15.4. The van der Waals surface area contributed by atoms with E-state index in [1.54, 1.807) is 5.01 Å². The zero-order chi connectivity index (χ0) is 20.2. The highest BCUT2D eigenvalue weighted by molar-refractivity contribution is 9.10. The van der Waals surface area contributed by atoms with Crippen molar-refractivity contribution in [3.8, 4) is 0 Å². The molecule has 0 spiro atoms. The van der Waals surface area contributed by atoms with Crippen LogP contribution in [0.25, 0.3) is 0 Å². The molecule has 2 aliphatic rings. The number of carbonyl (C=O) groups excluding carboxylic acids is 1. The van der Waals surface area contributed by atoms with Crippen LogP contribution in [0.1, 0.15) is 30.0 Å². The number of rotatable bonds is 5. The molecule has 29 heavy (non-hydrogen) atoms. The second-order valence-corrected chi connectivity index (χ2v) is 9.10. The third-order valence-electron chi connectivity index (χ3n) is 5.34. The highest BCUT2D eigenvalue weighted by Gasteiger charge is 2.33. The predicted molar refractivity (Wildman–Crippen MR) is 121 cm³/mol. The van der Waals surface area contributed by atoms with Gasteiger partial charge in [-0.25, -0.2) is 5.01 Å². The Morgan fingerprint density at radius 2 is 1.62 bits per heavy atom. The van der Waals surface area contributed by atoms with Crippen LogP contribution in [0.5, 0.6) is 0 Å². The first-order chi connectivity index (χ1) is 14.1. The lowest BCUT2D eigenvalue weighted by Gasteiger charge is -2.27. The van der Waals surface area contributed by atoms with E-state index in [0.29, 0.717) is 12.8 Å². The molecule has 1 amide bonds. The van der Waals surface area contributed by atoms with Crippen LogP contribution < -0.4 is 0 Å². The topological polar surface area (TPSA) is 45.1 Å². The van der Waals surface area contributed by atoms with Crippen molar-refractivity contribution in [1.82, 2.24) is 9.91 Å². The Bertz CT molecular complexity index is 878. The molecule has 2 heterocycles. The number of hydrazone groups is 1. The Morgan fingerprint density at radius 3 is 2.28 bits per heavy atom. The summed E-state index contributed by atoms with van der Waals surface area (Å²) in [5.41, 5.74) is 3.10. The average Bonchev–Trinajstić information content (AvgIpc) is 3.19. The maximum absolute atomic E-state index is 13.1. The molecule has 1 atom stereocenters. The average molecular weight is 521 g/mol. The summed E-state index contributed by atoms with van der Waals surface area (Å²) < 4.78 is 7.45. The first kappa shape index (κ1) is 20.7. The third kappa shape index (κ3) is 5.15. The van der Waals surface area contributed by atoms with E-state index in [9.17, 15) is 4.79 Å². The van der Waals surface area contributed by atoms with Gasteiger partial charge in [-0.1, -0.05) is 56.1 Å². The van der Waals surface area contributed by atoms with E-state index in [1.807, 2.05) is 36.4 Å². The van der Waals surface area contributed by atoms with Crippen molar-refractivity contribution >= 4 is 43.5 Å². The van der Waals surface area contributed by atoms with Gasteiger partial charge in [-0.2, -0.15) is 5.10 Å². The summed E-state index contributed by atoms with van der Waals surface area (Å²) in [6, 6.07) is 16.2. The van der Waals surface area contributed by atoms with Crippen LogP contribution in [0, 0.1) is 0 Å². The second kappa shape index (κ2) is 9.51. The quantitative estimate of drug-likeness (QED) is 0.578. The first-order valence-electron chi connectivity index (χ1n) is 9.81. The second-order valence-electron chi connectivity index (χ2n) is 7.27. The minimum atomic E-state index is -0.0704. The van der Waals surface area contributed by atoms with Crippen LogP contribution in [-0.2, 0) is 9.53 Å². The Kier molecular flexibility index (Phi) is 6.80. The fourth-order valence-corrected chi connectivity index (χ4v) is 4.22. The van der Waals surface area contributed by atoms with Gasteiger partial charge >= 0.3 is 0 Å². The smallest absolute Gasteiger partial charge is 0.244 e. The molecule has 4 rings (SSSR count). The molecule has 2 aromatic carbocycles. The number of halogens is 2. The summed E-state index contributed by atoms with van der Waals surface area (Å²) in [7, 11) is 0. The van der Waals surface area contributed by atoms with Crippen molar-refractivity contribution in [3.63, 3.8) is 0 Å². The lowest BCUT2D eigenvalue weighted by molar-refractivity contribution is -0.133. The van der Waals surface area contributed by atoms with Crippen LogP contribution in [-0.4, -0.2) is 54.4 Å². The monoisotopic (exact) mass is 519 g/mol. The minimum absolute atomic E-state index is 0.0662. The molecule has 0 aliphatic carbocycles. The molecule has 5 nitrogen and oxygen atoms in total. The van der Waals surface area contributed by atoms with Gasteiger partial charge in [-0.05, 0) is 35.4 Å². The van der Waals surface area contributed by atoms with Gasteiger partial charge in [0.2, 0.25) is 5.91 Å². The molecule has 1 unspecified atom stereocenters. The molecular formula is C22H23Br2N3O2. The normalized spacial score (nSPS) is 20.0. The van der Waals surface area contributed by atoms with E-state index in [-0.39, 0.29) is 11.9 Å². The highest BCUT2D eigenvalue weighted by Crippen LogP contribution is 2.34. The number of ether oxygens (including phenoxy) is 1. The van der Waals surface area contributed by atoms with Gasteiger partial charge in [0.25, 0.3) is 0 Å². The van der Waals surface area contributed by atoms with Crippen LogP contribution in [0.4, 0.5) is 0 Å². The molecule has 0 radical (unpaired) electrons. The van der Waals surface area contributed by atoms with Gasteiger partial charge in [0.1, 0.15) is 0 Å². The van der Waals surface area contributed by atoms with Crippen molar-refractivity contribution in [2.24, 2.45) is 5.10 Å². The van der Waals surface area contributed by atoms with Crippen LogP contribution in [0.2, 0.25) is 0 Å². The predicted octanol–water partition coefficient (Wildman–Crippen LogP) is 4.61. The summed E-state index contributed by atoms with van der Waals surface area (Å²) in [6.07, 6.45) is 1.18. The zero-order valence-corrected chi connectivity index (χ0v) is 19.2. The Balaban J connectivity index is 1.53. The fourth-order valence-electron chi connectivity index (χ4n) is 3.69. The Morgan fingerprint density at radius 1 is 1.00 bits per heavy atom. The molecule has 152 valence electrons. The highest BCUT2D eigenvalue weighted by atomic mass is 79.9. The summed E-state index contributed by atoms with van der Waals surface area (Å²) in [5.74, 6) is 0.0662. The SMILES string of the molecule is O=C(CCN1CCOCC1)N1N=C(c2ccc(Br)cc2)CC1c1ccc(Br)cc1. The van der Waals surface area contributed by atoms with Crippen molar-refractivity contribution in [2.45, 2.75) is 18.9 Å². The molecule has 0 aromatic heterocycles. The minimum Gasteiger partial charge on any atom is -0.379 e. The molecule has 0 N–H and O–H groups in total. The Hall–Kier alpha value is -1.54. The molecule has 1 saturated heterocycles. The summed E-state index contributed by atoms with van der Waals surface area (Å²) in [5, 5.41) is 6.46. The van der Waals surface area contributed by atoms with E-state index in [0.717, 1.165) is 58.6 Å². The van der Waals surface area contributed by atoms with Gasteiger partial charge in [0.15, 0.2) is 0 Å². The van der Waals surface area contributed by atoms with E-state index in [1.165, 1.54) is 0 Å². The van der Waals surface area contributed by atoms with Gasteiger partial charge in [0, 0.05) is 41.4 Å². The Labute approximate surface area is 188 Å². The maximum atomic E-state index is 13.1. The maximum Gasteiger partial charge on any atom is 0.244 e. The summed E-state index contributed by atoms with van der Waals surface area (Å²) in [6.45, 7) is 4.00. The fraction of sp³-hybridized carbons (Fsp3) is 0.364. The van der Waals surface area contributed by atoms with Crippen molar-refractivity contribution in [2.75, 3.05) is 32.8 Å². The molecule has 0 bridgehead atoms. The molecule has 0 saturated carbocycles. The number of nitrogens with zero attached hydrogens (tertiary/aromatic N) is 3. The number of benzene rings is 2. The van der Waals surface area contributed by atoms with Crippen molar-refractivity contribution in [1.29, 1.82) is 0 Å². The molecule has 2 aliphatic heterocycles.